The molecule has 1 aromatic heterocycles. The van der Waals surface area contributed by atoms with Crippen molar-refractivity contribution >= 4 is 17.5 Å². The van der Waals surface area contributed by atoms with Crippen LogP contribution in [0.4, 0.5) is 11.6 Å². The van der Waals surface area contributed by atoms with Gasteiger partial charge in [0.2, 0.25) is 5.95 Å². The predicted molar refractivity (Wildman–Crippen MR) is 133 cm³/mol. The molecule has 35 heavy (non-hydrogen) atoms. The zero-order valence-electron chi connectivity index (χ0n) is 19.4. The van der Waals surface area contributed by atoms with Crippen LogP contribution in [0.5, 0.6) is 11.5 Å². The third kappa shape index (κ3) is 4.59. The summed E-state index contributed by atoms with van der Waals surface area (Å²) in [6.07, 6.45) is 1.47. The number of para-hydroxylation sites is 1. The molecule has 0 radical (unpaired) electrons. The molecular formula is C27H25N5O3. The predicted octanol–water partition coefficient (Wildman–Crippen LogP) is 4.79. The number of amides is 1. The summed E-state index contributed by atoms with van der Waals surface area (Å²) >= 11 is 0. The summed E-state index contributed by atoms with van der Waals surface area (Å²) < 4.78 is 13.4. The number of carbonyl (C=O) groups is 1. The van der Waals surface area contributed by atoms with Crippen molar-refractivity contribution in [2.75, 3.05) is 17.7 Å². The zero-order chi connectivity index (χ0) is 24.2. The van der Waals surface area contributed by atoms with Gasteiger partial charge in [-0.2, -0.15) is 10.1 Å². The molecule has 4 aromatic rings. The van der Waals surface area contributed by atoms with Crippen molar-refractivity contribution in [2.24, 2.45) is 0 Å². The Morgan fingerprint density at radius 3 is 2.51 bits per heavy atom. The van der Waals surface area contributed by atoms with Crippen LogP contribution in [0.25, 0.3) is 0 Å². The molecule has 0 saturated heterocycles. The van der Waals surface area contributed by atoms with Gasteiger partial charge in [0.05, 0.1) is 12.7 Å². The molecule has 1 aliphatic heterocycles. The van der Waals surface area contributed by atoms with Crippen molar-refractivity contribution in [1.82, 2.24) is 14.8 Å². The fourth-order valence-electron chi connectivity index (χ4n) is 4.12. The van der Waals surface area contributed by atoms with E-state index in [1.54, 1.807) is 11.8 Å². The van der Waals surface area contributed by atoms with E-state index in [4.69, 9.17) is 9.47 Å². The van der Waals surface area contributed by atoms with Gasteiger partial charge in [-0.05, 0) is 42.3 Å². The normalized spacial score (nSPS) is 14.6. The van der Waals surface area contributed by atoms with Gasteiger partial charge in [0, 0.05) is 11.4 Å². The van der Waals surface area contributed by atoms with Crippen LogP contribution in [0, 0.1) is 0 Å². The molecular weight excluding hydrogens is 442 g/mol. The molecule has 1 unspecified atom stereocenters. The molecule has 0 aliphatic carbocycles. The van der Waals surface area contributed by atoms with Crippen molar-refractivity contribution in [3.63, 3.8) is 0 Å². The van der Waals surface area contributed by atoms with E-state index < -0.39 is 6.04 Å². The number of fused-ring (bicyclic) bond motifs is 1. The summed E-state index contributed by atoms with van der Waals surface area (Å²) in [5, 5.41) is 10.6. The van der Waals surface area contributed by atoms with E-state index in [-0.39, 0.29) is 5.91 Å². The van der Waals surface area contributed by atoms with E-state index in [2.05, 4.69) is 20.7 Å². The summed E-state index contributed by atoms with van der Waals surface area (Å²) in [6.45, 7) is 2.28. The van der Waals surface area contributed by atoms with Gasteiger partial charge < -0.3 is 20.1 Å². The van der Waals surface area contributed by atoms with Crippen LogP contribution in [0.1, 0.15) is 24.1 Å². The second kappa shape index (κ2) is 9.72. The Hall–Kier alpha value is -4.59. The van der Waals surface area contributed by atoms with Crippen molar-refractivity contribution in [3.8, 4) is 11.5 Å². The zero-order valence-corrected chi connectivity index (χ0v) is 19.4. The van der Waals surface area contributed by atoms with Crippen molar-refractivity contribution in [1.29, 1.82) is 0 Å². The van der Waals surface area contributed by atoms with Crippen LogP contribution >= 0.6 is 0 Å². The summed E-state index contributed by atoms with van der Waals surface area (Å²) in [6, 6.07) is 24.4. The summed E-state index contributed by atoms with van der Waals surface area (Å²) in [7, 11) is 1.60. The van der Waals surface area contributed by atoms with Gasteiger partial charge in [-0.1, -0.05) is 54.6 Å². The number of nitrogens with one attached hydrogen (secondary N) is 2. The highest BCUT2D eigenvalue weighted by molar-refractivity contribution is 6.06. The van der Waals surface area contributed by atoms with Gasteiger partial charge in [-0.3, -0.25) is 4.79 Å². The van der Waals surface area contributed by atoms with Crippen molar-refractivity contribution in [2.45, 2.75) is 19.6 Å². The van der Waals surface area contributed by atoms with Crippen molar-refractivity contribution < 1.29 is 14.3 Å². The minimum Gasteiger partial charge on any atom is -0.493 e. The van der Waals surface area contributed by atoms with E-state index in [0.717, 1.165) is 11.1 Å². The number of rotatable bonds is 7. The van der Waals surface area contributed by atoms with Crippen LogP contribution in [0.3, 0.4) is 0 Å². The standard InChI is InChI=1S/C27H25N5O3/c1-18-24(26(33)31-21-11-7-4-8-12-21)25(32-27(30-18)28-17-29-32)20-13-14-22(23(15-20)34-2)35-16-19-9-5-3-6-10-19/h3-15,17,25H,16H2,1-2H3,(H,31,33)(H,28,29,30). The molecule has 2 heterocycles. The molecule has 0 fully saturated rings. The Balaban J connectivity index is 1.48. The van der Waals surface area contributed by atoms with E-state index >= 15 is 0 Å². The first-order valence-corrected chi connectivity index (χ1v) is 11.2. The Morgan fingerprint density at radius 2 is 1.77 bits per heavy atom. The summed E-state index contributed by atoms with van der Waals surface area (Å²) in [4.78, 5) is 17.8. The molecule has 176 valence electrons. The topological polar surface area (TPSA) is 90.3 Å². The van der Waals surface area contributed by atoms with E-state index in [1.165, 1.54) is 6.33 Å². The lowest BCUT2D eigenvalue weighted by Crippen LogP contribution is -2.31. The number of aromatic nitrogens is 3. The second-order valence-corrected chi connectivity index (χ2v) is 8.10. The SMILES string of the molecule is COc1cc(C2C(C(=O)Nc3ccccc3)=C(C)Nc3ncnn32)ccc1OCc1ccccc1. The first-order valence-electron chi connectivity index (χ1n) is 11.2. The number of methoxy groups -OCH3 is 1. The monoisotopic (exact) mass is 467 g/mol. The molecule has 8 heteroatoms. The molecule has 1 aliphatic rings. The van der Waals surface area contributed by atoms with Crippen LogP contribution in [-0.2, 0) is 11.4 Å². The minimum atomic E-state index is -0.505. The quantitative estimate of drug-likeness (QED) is 0.406. The number of allylic oxidation sites excluding steroid dienone is 1. The average Bonchev–Trinajstić information content (AvgIpc) is 3.35. The second-order valence-electron chi connectivity index (χ2n) is 8.10. The number of hydrogen-bond donors (Lipinski definition) is 2. The summed E-state index contributed by atoms with van der Waals surface area (Å²) in [5.74, 6) is 1.52. The van der Waals surface area contributed by atoms with Gasteiger partial charge in [0.25, 0.3) is 5.91 Å². The summed E-state index contributed by atoms with van der Waals surface area (Å²) in [5.41, 5.74) is 3.82. The molecule has 3 aromatic carbocycles. The molecule has 8 nitrogen and oxygen atoms in total. The van der Waals surface area contributed by atoms with Gasteiger partial charge in [-0.25, -0.2) is 4.68 Å². The number of nitrogens with zero attached hydrogens (tertiary/aromatic N) is 3. The highest BCUT2D eigenvalue weighted by atomic mass is 16.5. The van der Waals surface area contributed by atoms with Gasteiger partial charge in [-0.15, -0.1) is 0 Å². The van der Waals surface area contributed by atoms with Gasteiger partial charge in [0.15, 0.2) is 11.5 Å². The first kappa shape index (κ1) is 22.2. The lowest BCUT2D eigenvalue weighted by molar-refractivity contribution is -0.113. The van der Waals surface area contributed by atoms with E-state index in [0.29, 0.717) is 41.0 Å². The Labute approximate surface area is 203 Å². The fourth-order valence-corrected chi connectivity index (χ4v) is 4.12. The maximum atomic E-state index is 13.4. The molecule has 5 rings (SSSR count). The van der Waals surface area contributed by atoms with Crippen LogP contribution in [0.15, 0.2) is 96.5 Å². The van der Waals surface area contributed by atoms with Crippen LogP contribution in [0.2, 0.25) is 0 Å². The molecule has 2 N–H and O–H groups in total. The lowest BCUT2D eigenvalue weighted by Gasteiger charge is -2.29. The Kier molecular flexibility index (Phi) is 6.17. The third-order valence-corrected chi connectivity index (χ3v) is 5.81. The number of benzene rings is 3. The van der Waals surface area contributed by atoms with Crippen molar-refractivity contribution in [3.05, 3.63) is 108 Å². The highest BCUT2D eigenvalue weighted by Crippen LogP contribution is 2.39. The smallest absolute Gasteiger partial charge is 0.255 e. The van der Waals surface area contributed by atoms with Gasteiger partial charge in [0.1, 0.15) is 19.0 Å². The number of anilines is 2. The molecule has 1 atom stereocenters. The Bertz CT molecular complexity index is 1370. The number of hydrogen-bond acceptors (Lipinski definition) is 6. The highest BCUT2D eigenvalue weighted by Gasteiger charge is 2.34. The maximum Gasteiger partial charge on any atom is 0.255 e. The van der Waals surface area contributed by atoms with E-state index in [9.17, 15) is 4.79 Å². The number of carbonyl (C=O) groups excluding carboxylic acids is 1. The lowest BCUT2D eigenvalue weighted by atomic mass is 9.94. The molecule has 0 bridgehead atoms. The minimum absolute atomic E-state index is 0.226. The maximum absolute atomic E-state index is 13.4. The van der Waals surface area contributed by atoms with Crippen LogP contribution in [-0.4, -0.2) is 27.8 Å². The molecule has 0 spiro atoms. The first-order chi connectivity index (χ1) is 17.1. The molecule has 0 saturated carbocycles. The van der Waals surface area contributed by atoms with E-state index in [1.807, 2.05) is 85.8 Å². The largest absolute Gasteiger partial charge is 0.493 e. The number of ether oxygens (including phenoxy) is 2. The van der Waals surface area contributed by atoms with Gasteiger partial charge >= 0.3 is 0 Å². The molecule has 1 amide bonds. The third-order valence-electron chi connectivity index (χ3n) is 5.81. The Morgan fingerprint density at radius 1 is 1.03 bits per heavy atom. The average molecular weight is 468 g/mol. The fraction of sp³-hybridized carbons (Fsp3) is 0.148. The van der Waals surface area contributed by atoms with Crippen LogP contribution < -0.4 is 20.1 Å².